The SMILES string of the molecule is Cl.NCC1CCCN(S(=O)(=O)c2cccc3ncccc23)C1. The van der Waals surface area contributed by atoms with Crippen LogP contribution in [0.3, 0.4) is 0 Å². The number of halogens is 1. The first-order valence-corrected chi connectivity index (χ1v) is 8.61. The molecule has 1 aliphatic heterocycles. The molecule has 0 aliphatic carbocycles. The number of fused-ring (bicyclic) bond motifs is 1. The van der Waals surface area contributed by atoms with Gasteiger partial charge >= 0.3 is 0 Å². The molecule has 7 heteroatoms. The van der Waals surface area contributed by atoms with Crippen LogP contribution in [-0.4, -0.2) is 37.3 Å². The van der Waals surface area contributed by atoms with E-state index >= 15 is 0 Å². The van der Waals surface area contributed by atoms with E-state index in [2.05, 4.69) is 4.98 Å². The molecule has 1 unspecified atom stereocenters. The van der Waals surface area contributed by atoms with Crippen molar-refractivity contribution < 1.29 is 8.42 Å². The Labute approximate surface area is 137 Å². The lowest BCUT2D eigenvalue weighted by Gasteiger charge is -2.31. The zero-order chi connectivity index (χ0) is 14.9. The molecule has 3 rings (SSSR count). The molecule has 1 aromatic heterocycles. The maximum atomic E-state index is 12.9. The Morgan fingerprint density at radius 3 is 2.86 bits per heavy atom. The summed E-state index contributed by atoms with van der Waals surface area (Å²) in [6.07, 6.45) is 3.54. The Morgan fingerprint density at radius 1 is 1.27 bits per heavy atom. The summed E-state index contributed by atoms with van der Waals surface area (Å²) in [6.45, 7) is 1.61. The van der Waals surface area contributed by atoms with Crippen molar-refractivity contribution in [3.8, 4) is 0 Å². The van der Waals surface area contributed by atoms with E-state index < -0.39 is 10.0 Å². The number of hydrogen-bond acceptors (Lipinski definition) is 4. The van der Waals surface area contributed by atoms with Crippen LogP contribution in [0, 0.1) is 5.92 Å². The van der Waals surface area contributed by atoms with Crippen LogP contribution in [0.15, 0.2) is 41.4 Å². The van der Waals surface area contributed by atoms with Crippen LogP contribution in [0.4, 0.5) is 0 Å². The number of hydrogen-bond donors (Lipinski definition) is 1. The molecule has 0 spiro atoms. The standard InChI is InChI=1S/C15H19N3O2S.ClH/c16-10-12-4-3-9-18(11-12)21(19,20)15-7-1-6-14-13(15)5-2-8-17-14;/h1-2,5-8,12H,3-4,9-11,16H2;1H. The molecule has 2 heterocycles. The normalized spacial score (nSPS) is 19.8. The lowest BCUT2D eigenvalue weighted by molar-refractivity contribution is 0.271. The fourth-order valence-electron chi connectivity index (χ4n) is 2.88. The van der Waals surface area contributed by atoms with Crippen molar-refractivity contribution in [2.45, 2.75) is 17.7 Å². The van der Waals surface area contributed by atoms with Gasteiger partial charge in [0.2, 0.25) is 10.0 Å². The van der Waals surface area contributed by atoms with Gasteiger partial charge in [-0.1, -0.05) is 6.07 Å². The van der Waals surface area contributed by atoms with Gasteiger partial charge in [-0.2, -0.15) is 4.31 Å². The average molecular weight is 342 g/mol. The van der Waals surface area contributed by atoms with E-state index in [1.54, 1.807) is 34.8 Å². The van der Waals surface area contributed by atoms with E-state index in [0.29, 0.717) is 35.4 Å². The molecule has 1 atom stereocenters. The maximum absolute atomic E-state index is 12.9. The largest absolute Gasteiger partial charge is 0.330 e. The number of nitrogens with two attached hydrogens (primary N) is 1. The maximum Gasteiger partial charge on any atom is 0.243 e. The van der Waals surface area contributed by atoms with E-state index in [-0.39, 0.29) is 18.3 Å². The molecule has 0 bridgehead atoms. The van der Waals surface area contributed by atoms with E-state index in [9.17, 15) is 8.42 Å². The highest BCUT2D eigenvalue weighted by atomic mass is 35.5. The predicted molar refractivity (Wildman–Crippen MR) is 89.5 cm³/mol. The number of pyridine rings is 1. The minimum Gasteiger partial charge on any atom is -0.330 e. The second-order valence-corrected chi connectivity index (χ2v) is 7.34. The molecule has 1 saturated heterocycles. The third kappa shape index (κ3) is 3.10. The first-order valence-electron chi connectivity index (χ1n) is 7.17. The van der Waals surface area contributed by atoms with Crippen LogP contribution in [-0.2, 0) is 10.0 Å². The van der Waals surface area contributed by atoms with E-state index in [4.69, 9.17) is 5.73 Å². The molecular formula is C15H20ClN3O2S. The summed E-state index contributed by atoms with van der Waals surface area (Å²) < 4.78 is 27.4. The van der Waals surface area contributed by atoms with Crippen LogP contribution in [0.1, 0.15) is 12.8 Å². The zero-order valence-electron chi connectivity index (χ0n) is 12.2. The van der Waals surface area contributed by atoms with E-state index in [1.165, 1.54) is 0 Å². The summed E-state index contributed by atoms with van der Waals surface area (Å²) in [5.41, 5.74) is 6.41. The Hall–Kier alpha value is -1.21. The van der Waals surface area contributed by atoms with E-state index in [0.717, 1.165) is 12.8 Å². The van der Waals surface area contributed by atoms with Crippen molar-refractivity contribution in [2.75, 3.05) is 19.6 Å². The highest BCUT2D eigenvalue weighted by Gasteiger charge is 2.30. The molecule has 2 aromatic rings. The first kappa shape index (κ1) is 17.1. The minimum absolute atomic E-state index is 0. The summed E-state index contributed by atoms with van der Waals surface area (Å²) in [6, 6.07) is 8.80. The molecule has 2 N–H and O–H groups in total. The molecule has 120 valence electrons. The van der Waals surface area contributed by atoms with Gasteiger partial charge in [0.15, 0.2) is 0 Å². The monoisotopic (exact) mass is 341 g/mol. The Balaban J connectivity index is 0.00000176. The fraction of sp³-hybridized carbons (Fsp3) is 0.400. The van der Waals surface area contributed by atoms with Gasteiger partial charge in [-0.15, -0.1) is 12.4 Å². The molecule has 5 nitrogen and oxygen atoms in total. The van der Waals surface area contributed by atoms with Gasteiger partial charge < -0.3 is 5.73 Å². The smallest absolute Gasteiger partial charge is 0.243 e. The third-order valence-corrected chi connectivity index (χ3v) is 5.96. The summed E-state index contributed by atoms with van der Waals surface area (Å²) in [7, 11) is -3.49. The number of aromatic nitrogens is 1. The highest BCUT2D eigenvalue weighted by Crippen LogP contribution is 2.27. The number of rotatable bonds is 3. The quantitative estimate of drug-likeness (QED) is 0.926. The average Bonchev–Trinajstić information content (AvgIpc) is 2.54. The molecular weight excluding hydrogens is 322 g/mol. The minimum atomic E-state index is -3.49. The lowest BCUT2D eigenvalue weighted by Crippen LogP contribution is -2.42. The zero-order valence-corrected chi connectivity index (χ0v) is 13.8. The molecule has 1 aliphatic rings. The van der Waals surface area contributed by atoms with Gasteiger partial charge in [0.05, 0.1) is 10.4 Å². The van der Waals surface area contributed by atoms with Gasteiger partial charge in [0.1, 0.15) is 0 Å². The summed E-state index contributed by atoms with van der Waals surface area (Å²) in [5, 5.41) is 0.676. The van der Waals surface area contributed by atoms with Crippen LogP contribution in [0.2, 0.25) is 0 Å². The Morgan fingerprint density at radius 2 is 2.09 bits per heavy atom. The van der Waals surface area contributed by atoms with Gasteiger partial charge in [-0.25, -0.2) is 8.42 Å². The van der Waals surface area contributed by atoms with Crippen LogP contribution < -0.4 is 5.73 Å². The molecule has 22 heavy (non-hydrogen) atoms. The van der Waals surface area contributed by atoms with Gasteiger partial charge in [-0.3, -0.25) is 4.98 Å². The number of sulfonamides is 1. The molecule has 1 fully saturated rings. The van der Waals surface area contributed by atoms with Crippen LogP contribution >= 0.6 is 12.4 Å². The Bertz CT molecular complexity index is 746. The second-order valence-electron chi connectivity index (χ2n) is 5.43. The second kappa shape index (κ2) is 6.91. The van der Waals surface area contributed by atoms with Crippen molar-refractivity contribution in [1.29, 1.82) is 0 Å². The first-order chi connectivity index (χ1) is 10.1. The fourth-order valence-corrected chi connectivity index (χ4v) is 4.63. The lowest BCUT2D eigenvalue weighted by atomic mass is 10.0. The van der Waals surface area contributed by atoms with E-state index in [1.807, 2.05) is 6.07 Å². The van der Waals surface area contributed by atoms with Crippen molar-refractivity contribution in [3.05, 3.63) is 36.5 Å². The van der Waals surface area contributed by atoms with Crippen LogP contribution in [0.25, 0.3) is 10.9 Å². The van der Waals surface area contributed by atoms with Crippen LogP contribution in [0.5, 0.6) is 0 Å². The molecule has 0 saturated carbocycles. The Kier molecular flexibility index (Phi) is 5.39. The van der Waals surface area contributed by atoms with Gasteiger partial charge in [0.25, 0.3) is 0 Å². The van der Waals surface area contributed by atoms with Crippen molar-refractivity contribution in [1.82, 2.24) is 9.29 Å². The summed E-state index contributed by atoms with van der Waals surface area (Å²) in [4.78, 5) is 4.57. The summed E-state index contributed by atoms with van der Waals surface area (Å²) >= 11 is 0. The number of nitrogens with zero attached hydrogens (tertiary/aromatic N) is 2. The number of piperidine rings is 1. The summed E-state index contributed by atoms with van der Waals surface area (Å²) in [5.74, 6) is 0.252. The number of benzene rings is 1. The van der Waals surface area contributed by atoms with Crippen molar-refractivity contribution in [3.63, 3.8) is 0 Å². The topological polar surface area (TPSA) is 76.3 Å². The molecule has 1 aromatic carbocycles. The van der Waals surface area contributed by atoms with Crippen molar-refractivity contribution >= 4 is 33.3 Å². The predicted octanol–water partition coefficient (Wildman–Crippen LogP) is 2.02. The van der Waals surface area contributed by atoms with Crippen molar-refractivity contribution in [2.24, 2.45) is 11.7 Å². The highest BCUT2D eigenvalue weighted by molar-refractivity contribution is 7.89. The molecule has 0 amide bonds. The third-order valence-electron chi connectivity index (χ3n) is 4.04. The van der Waals surface area contributed by atoms with Gasteiger partial charge in [0, 0.05) is 24.7 Å². The molecule has 0 radical (unpaired) electrons. The van der Waals surface area contributed by atoms with Gasteiger partial charge in [-0.05, 0) is 49.6 Å².